The van der Waals surface area contributed by atoms with Gasteiger partial charge in [-0.05, 0) is 24.3 Å². The summed E-state index contributed by atoms with van der Waals surface area (Å²) in [6.45, 7) is 1.58. The number of amides is 1. The molecule has 0 unspecified atom stereocenters. The first-order valence-corrected chi connectivity index (χ1v) is 6.19. The molecule has 2 heterocycles. The summed E-state index contributed by atoms with van der Waals surface area (Å²) in [5.74, 6) is 0.247. The smallest absolute Gasteiger partial charge is 0.222 e. The minimum atomic E-state index is 0.190. The van der Waals surface area contributed by atoms with E-state index in [2.05, 4.69) is 6.07 Å². The molecule has 4 heteroatoms. The molecule has 0 bridgehead atoms. The first-order valence-electron chi connectivity index (χ1n) is 5.31. The van der Waals surface area contributed by atoms with Crippen LogP contribution in [-0.2, 0) is 11.2 Å². The van der Waals surface area contributed by atoms with Crippen molar-refractivity contribution in [2.24, 2.45) is 5.73 Å². The molecule has 1 saturated heterocycles. The average Bonchev–Trinajstić information content (AvgIpc) is 2.84. The Balaban J connectivity index is 1.78. The van der Waals surface area contributed by atoms with Crippen LogP contribution in [0, 0.1) is 0 Å². The molecular weight excluding hydrogens is 208 g/mol. The fourth-order valence-corrected chi connectivity index (χ4v) is 2.57. The van der Waals surface area contributed by atoms with Crippen LogP contribution in [0.4, 0.5) is 0 Å². The van der Waals surface area contributed by atoms with E-state index in [1.54, 1.807) is 11.3 Å². The van der Waals surface area contributed by atoms with Gasteiger partial charge in [0.15, 0.2) is 0 Å². The topological polar surface area (TPSA) is 46.3 Å². The molecule has 1 fully saturated rings. The SMILES string of the molecule is N[C@@H]1CCN(C(=O)CCc2cccs2)C1. The van der Waals surface area contributed by atoms with Crippen molar-refractivity contribution < 1.29 is 4.79 Å². The van der Waals surface area contributed by atoms with Gasteiger partial charge < -0.3 is 10.6 Å². The second-order valence-corrected chi connectivity index (χ2v) is 5.00. The average molecular weight is 224 g/mol. The molecule has 0 radical (unpaired) electrons. The number of nitrogens with zero attached hydrogens (tertiary/aromatic N) is 1. The maximum absolute atomic E-state index is 11.8. The summed E-state index contributed by atoms with van der Waals surface area (Å²) < 4.78 is 0. The predicted octanol–water partition coefficient (Wildman–Crippen LogP) is 1.24. The second kappa shape index (κ2) is 4.77. The summed E-state index contributed by atoms with van der Waals surface area (Å²) in [4.78, 5) is 14.9. The van der Waals surface area contributed by atoms with Crippen molar-refractivity contribution in [1.29, 1.82) is 0 Å². The lowest BCUT2D eigenvalue weighted by atomic mass is 10.2. The third-order valence-corrected chi connectivity index (χ3v) is 3.68. The number of likely N-dealkylation sites (tertiary alicyclic amines) is 1. The summed E-state index contributed by atoms with van der Waals surface area (Å²) in [7, 11) is 0. The Kier molecular flexibility index (Phi) is 3.38. The van der Waals surface area contributed by atoms with E-state index in [1.807, 2.05) is 16.3 Å². The highest BCUT2D eigenvalue weighted by molar-refractivity contribution is 7.09. The Hall–Kier alpha value is -0.870. The highest BCUT2D eigenvalue weighted by atomic mass is 32.1. The highest BCUT2D eigenvalue weighted by Crippen LogP contribution is 2.14. The van der Waals surface area contributed by atoms with Gasteiger partial charge >= 0.3 is 0 Å². The first-order chi connectivity index (χ1) is 7.25. The molecule has 0 aliphatic carbocycles. The van der Waals surface area contributed by atoms with Crippen LogP contribution in [0.1, 0.15) is 17.7 Å². The van der Waals surface area contributed by atoms with Gasteiger partial charge in [0.1, 0.15) is 0 Å². The van der Waals surface area contributed by atoms with Gasteiger partial charge in [-0.25, -0.2) is 0 Å². The van der Waals surface area contributed by atoms with Crippen molar-refractivity contribution in [3.8, 4) is 0 Å². The van der Waals surface area contributed by atoms with Gasteiger partial charge in [0.2, 0.25) is 5.91 Å². The zero-order chi connectivity index (χ0) is 10.7. The lowest BCUT2D eigenvalue weighted by Gasteiger charge is -2.15. The highest BCUT2D eigenvalue weighted by Gasteiger charge is 2.22. The van der Waals surface area contributed by atoms with Crippen LogP contribution >= 0.6 is 11.3 Å². The lowest BCUT2D eigenvalue weighted by Crippen LogP contribution is -2.31. The van der Waals surface area contributed by atoms with E-state index in [0.717, 1.165) is 25.9 Å². The summed E-state index contributed by atoms with van der Waals surface area (Å²) in [6, 6.07) is 4.29. The fourth-order valence-electron chi connectivity index (χ4n) is 1.86. The minimum absolute atomic E-state index is 0.190. The Morgan fingerprint density at radius 3 is 3.13 bits per heavy atom. The van der Waals surface area contributed by atoms with Gasteiger partial charge in [0.25, 0.3) is 0 Å². The van der Waals surface area contributed by atoms with E-state index < -0.39 is 0 Å². The van der Waals surface area contributed by atoms with Gasteiger partial charge in [0.05, 0.1) is 0 Å². The quantitative estimate of drug-likeness (QED) is 0.839. The molecule has 15 heavy (non-hydrogen) atoms. The Bertz CT molecular complexity index is 323. The molecule has 0 spiro atoms. The maximum atomic E-state index is 11.8. The van der Waals surface area contributed by atoms with Crippen molar-refractivity contribution in [3.63, 3.8) is 0 Å². The zero-order valence-electron chi connectivity index (χ0n) is 8.69. The number of aryl methyl sites for hydroxylation is 1. The first kappa shape index (κ1) is 10.6. The van der Waals surface area contributed by atoms with Crippen LogP contribution in [0.25, 0.3) is 0 Å². The molecule has 1 aliphatic heterocycles. The maximum Gasteiger partial charge on any atom is 0.222 e. The molecule has 0 aromatic carbocycles. The molecule has 2 rings (SSSR count). The third kappa shape index (κ3) is 2.79. The summed E-state index contributed by atoms with van der Waals surface area (Å²) in [5.41, 5.74) is 5.76. The molecule has 1 amide bonds. The Morgan fingerprint density at radius 1 is 1.67 bits per heavy atom. The third-order valence-electron chi connectivity index (χ3n) is 2.74. The van der Waals surface area contributed by atoms with Crippen molar-refractivity contribution in [3.05, 3.63) is 22.4 Å². The summed E-state index contributed by atoms with van der Waals surface area (Å²) >= 11 is 1.71. The number of nitrogens with two attached hydrogens (primary N) is 1. The molecule has 82 valence electrons. The van der Waals surface area contributed by atoms with E-state index in [4.69, 9.17) is 5.73 Å². The van der Waals surface area contributed by atoms with Gasteiger partial charge in [-0.3, -0.25) is 4.79 Å². The molecule has 1 aromatic heterocycles. The molecule has 2 N–H and O–H groups in total. The molecular formula is C11H16N2OS. The lowest BCUT2D eigenvalue weighted by molar-refractivity contribution is -0.130. The summed E-state index contributed by atoms with van der Waals surface area (Å²) in [5, 5.41) is 2.05. The number of carbonyl (C=O) groups is 1. The largest absolute Gasteiger partial charge is 0.341 e. The second-order valence-electron chi connectivity index (χ2n) is 3.97. The number of hydrogen-bond acceptors (Lipinski definition) is 3. The molecule has 1 atom stereocenters. The molecule has 0 saturated carbocycles. The van der Waals surface area contributed by atoms with E-state index in [9.17, 15) is 4.79 Å². The summed E-state index contributed by atoms with van der Waals surface area (Å²) in [6.07, 6.45) is 2.43. The Morgan fingerprint density at radius 2 is 2.53 bits per heavy atom. The van der Waals surface area contributed by atoms with Gasteiger partial charge in [-0.1, -0.05) is 6.07 Å². The number of carbonyl (C=O) groups excluding carboxylic acids is 1. The van der Waals surface area contributed by atoms with Crippen molar-refractivity contribution in [2.75, 3.05) is 13.1 Å². The molecule has 1 aromatic rings. The van der Waals surface area contributed by atoms with Crippen LogP contribution < -0.4 is 5.73 Å². The zero-order valence-corrected chi connectivity index (χ0v) is 9.50. The molecule has 1 aliphatic rings. The van der Waals surface area contributed by atoms with Crippen LogP contribution in [0.3, 0.4) is 0 Å². The van der Waals surface area contributed by atoms with Gasteiger partial charge in [-0.15, -0.1) is 11.3 Å². The van der Waals surface area contributed by atoms with Gasteiger partial charge in [-0.2, -0.15) is 0 Å². The predicted molar refractivity (Wildman–Crippen MR) is 61.8 cm³/mol. The van der Waals surface area contributed by atoms with E-state index in [-0.39, 0.29) is 11.9 Å². The minimum Gasteiger partial charge on any atom is -0.341 e. The van der Waals surface area contributed by atoms with E-state index >= 15 is 0 Å². The van der Waals surface area contributed by atoms with Crippen LogP contribution in [-0.4, -0.2) is 29.9 Å². The Labute approximate surface area is 93.9 Å². The molecule has 3 nitrogen and oxygen atoms in total. The van der Waals surface area contributed by atoms with Crippen LogP contribution in [0.5, 0.6) is 0 Å². The standard InChI is InChI=1S/C11H16N2OS/c12-9-5-6-13(8-9)11(14)4-3-10-2-1-7-15-10/h1-2,7,9H,3-6,8,12H2/t9-/m1/s1. The monoisotopic (exact) mass is 224 g/mol. The van der Waals surface area contributed by atoms with Crippen LogP contribution in [0.15, 0.2) is 17.5 Å². The van der Waals surface area contributed by atoms with Crippen molar-refractivity contribution >= 4 is 17.2 Å². The van der Waals surface area contributed by atoms with E-state index in [0.29, 0.717) is 6.42 Å². The normalized spacial score (nSPS) is 20.9. The number of rotatable bonds is 3. The number of thiophene rings is 1. The van der Waals surface area contributed by atoms with E-state index in [1.165, 1.54) is 4.88 Å². The number of hydrogen-bond donors (Lipinski definition) is 1. The van der Waals surface area contributed by atoms with Gasteiger partial charge in [0, 0.05) is 30.4 Å². The fraction of sp³-hybridized carbons (Fsp3) is 0.545. The van der Waals surface area contributed by atoms with Crippen molar-refractivity contribution in [1.82, 2.24) is 4.90 Å². The van der Waals surface area contributed by atoms with Crippen molar-refractivity contribution in [2.45, 2.75) is 25.3 Å². The van der Waals surface area contributed by atoms with Crippen LogP contribution in [0.2, 0.25) is 0 Å².